The maximum Gasteiger partial charge on any atom is 0.259 e. The molecule has 0 radical (unpaired) electrons. The monoisotopic (exact) mass is 428 g/mol. The molecule has 0 unspecified atom stereocenters. The summed E-state index contributed by atoms with van der Waals surface area (Å²) in [5.41, 5.74) is 2.47. The van der Waals surface area contributed by atoms with Crippen LogP contribution in [0.5, 0.6) is 0 Å². The number of benzene rings is 1. The van der Waals surface area contributed by atoms with Crippen molar-refractivity contribution in [3.63, 3.8) is 0 Å². The molecular weight excluding hydrogens is 404 g/mol. The molecule has 5 rings (SSSR count). The molecule has 29 heavy (non-hydrogen) atoms. The first-order valence-corrected chi connectivity index (χ1v) is 11.5. The first kappa shape index (κ1) is 19.2. The third-order valence-electron chi connectivity index (χ3n) is 6.31. The van der Waals surface area contributed by atoms with Crippen molar-refractivity contribution in [1.82, 2.24) is 19.8 Å². The Morgan fingerprint density at radius 3 is 2.79 bits per heavy atom. The summed E-state index contributed by atoms with van der Waals surface area (Å²) in [6.07, 6.45) is 3.27. The van der Waals surface area contributed by atoms with E-state index in [1.807, 2.05) is 18.2 Å². The summed E-state index contributed by atoms with van der Waals surface area (Å²) in [6.45, 7) is 6.79. The van der Waals surface area contributed by atoms with Crippen LogP contribution in [-0.2, 0) is 19.4 Å². The largest absolute Gasteiger partial charge is 0.309 e. The van der Waals surface area contributed by atoms with Crippen molar-refractivity contribution in [2.24, 2.45) is 0 Å². The highest BCUT2D eigenvalue weighted by molar-refractivity contribution is 7.18. The second-order valence-corrected chi connectivity index (χ2v) is 9.55. The van der Waals surface area contributed by atoms with E-state index in [2.05, 4.69) is 27.8 Å². The van der Waals surface area contributed by atoms with Gasteiger partial charge in [0.2, 0.25) is 0 Å². The second-order valence-electron chi connectivity index (χ2n) is 8.06. The summed E-state index contributed by atoms with van der Waals surface area (Å²) in [5, 5.41) is 1.67. The fourth-order valence-corrected chi connectivity index (χ4v) is 6.23. The van der Waals surface area contributed by atoms with Crippen molar-refractivity contribution >= 4 is 33.2 Å². The molecule has 7 heteroatoms. The Morgan fingerprint density at radius 1 is 1.21 bits per heavy atom. The summed E-state index contributed by atoms with van der Waals surface area (Å²) >= 11 is 8.10. The predicted octanol–water partition coefficient (Wildman–Crippen LogP) is 4.01. The Balaban J connectivity index is 1.26. The van der Waals surface area contributed by atoms with Gasteiger partial charge in [0.15, 0.2) is 0 Å². The van der Waals surface area contributed by atoms with E-state index in [4.69, 9.17) is 16.6 Å². The summed E-state index contributed by atoms with van der Waals surface area (Å²) in [6, 6.07) is 8.40. The van der Waals surface area contributed by atoms with E-state index < -0.39 is 0 Å². The van der Waals surface area contributed by atoms with Gasteiger partial charge in [0.25, 0.3) is 5.56 Å². The van der Waals surface area contributed by atoms with Gasteiger partial charge in [-0.3, -0.25) is 14.6 Å². The van der Waals surface area contributed by atoms with Crippen LogP contribution in [0.2, 0.25) is 5.02 Å². The van der Waals surface area contributed by atoms with Gasteiger partial charge in [-0.05, 0) is 43.4 Å². The van der Waals surface area contributed by atoms with Crippen LogP contribution in [-0.4, -0.2) is 45.9 Å². The van der Waals surface area contributed by atoms with Crippen molar-refractivity contribution in [3.8, 4) is 0 Å². The fraction of sp³-hybridized carbons (Fsp3) is 0.455. The van der Waals surface area contributed by atoms with E-state index in [-0.39, 0.29) is 5.56 Å². The van der Waals surface area contributed by atoms with E-state index >= 15 is 0 Å². The van der Waals surface area contributed by atoms with Gasteiger partial charge in [0.1, 0.15) is 10.7 Å². The zero-order valence-corrected chi connectivity index (χ0v) is 18.2. The predicted molar refractivity (Wildman–Crippen MR) is 119 cm³/mol. The fourth-order valence-electron chi connectivity index (χ4n) is 4.65. The first-order chi connectivity index (χ1) is 14.1. The van der Waals surface area contributed by atoms with Crippen molar-refractivity contribution in [1.29, 1.82) is 0 Å². The number of rotatable bonds is 4. The molecule has 1 aliphatic heterocycles. The number of fused-ring (bicyclic) bond motifs is 3. The number of nitrogens with one attached hydrogen (secondary N) is 1. The minimum atomic E-state index is 0.0374. The van der Waals surface area contributed by atoms with E-state index in [0.717, 1.165) is 66.5 Å². The average molecular weight is 429 g/mol. The third kappa shape index (κ3) is 3.63. The normalized spacial score (nSPS) is 19.0. The summed E-state index contributed by atoms with van der Waals surface area (Å²) in [4.78, 5) is 27.6. The Bertz CT molecular complexity index is 1100. The number of hydrogen-bond acceptors (Lipinski definition) is 5. The highest BCUT2D eigenvalue weighted by Gasteiger charge is 2.25. The topological polar surface area (TPSA) is 52.2 Å². The number of thiophene rings is 1. The third-order valence-corrected chi connectivity index (χ3v) is 7.84. The minimum absolute atomic E-state index is 0.0374. The second kappa shape index (κ2) is 7.84. The Kier molecular flexibility index (Phi) is 5.20. The molecule has 3 aromatic rings. The molecule has 1 saturated heterocycles. The molecule has 152 valence electrons. The van der Waals surface area contributed by atoms with Gasteiger partial charge in [0.05, 0.1) is 11.9 Å². The van der Waals surface area contributed by atoms with E-state index in [0.29, 0.717) is 12.6 Å². The van der Waals surface area contributed by atoms with Crippen LogP contribution in [0.15, 0.2) is 29.1 Å². The van der Waals surface area contributed by atoms with Crippen LogP contribution in [0.4, 0.5) is 0 Å². The number of nitrogens with zero attached hydrogens (tertiary/aromatic N) is 3. The zero-order chi connectivity index (χ0) is 20.0. The van der Waals surface area contributed by atoms with Crippen molar-refractivity contribution in [2.45, 2.75) is 38.8 Å². The molecule has 3 heterocycles. The molecule has 2 aliphatic rings. The number of aromatic nitrogens is 2. The van der Waals surface area contributed by atoms with Gasteiger partial charge in [-0.1, -0.05) is 29.8 Å². The smallest absolute Gasteiger partial charge is 0.259 e. The van der Waals surface area contributed by atoms with Crippen LogP contribution in [0.3, 0.4) is 0 Å². The van der Waals surface area contributed by atoms with Crippen LogP contribution in [0.25, 0.3) is 10.2 Å². The van der Waals surface area contributed by atoms with Gasteiger partial charge in [0, 0.05) is 42.1 Å². The van der Waals surface area contributed by atoms with Gasteiger partial charge >= 0.3 is 0 Å². The highest BCUT2D eigenvalue weighted by atomic mass is 35.5. The minimum Gasteiger partial charge on any atom is -0.309 e. The van der Waals surface area contributed by atoms with Gasteiger partial charge in [-0.25, -0.2) is 4.98 Å². The molecule has 1 atom stereocenters. The molecule has 2 aromatic heterocycles. The Morgan fingerprint density at radius 2 is 2.00 bits per heavy atom. The summed E-state index contributed by atoms with van der Waals surface area (Å²) in [7, 11) is 0. The molecule has 1 fully saturated rings. The van der Waals surface area contributed by atoms with Gasteiger partial charge in [-0.2, -0.15) is 0 Å². The average Bonchev–Trinajstić information content (AvgIpc) is 3.29. The zero-order valence-electron chi connectivity index (χ0n) is 16.6. The lowest BCUT2D eigenvalue weighted by molar-refractivity contribution is 0.0962. The lowest BCUT2D eigenvalue weighted by atomic mass is 10.1. The number of hydrogen-bond donors (Lipinski definition) is 1. The molecule has 5 nitrogen and oxygen atoms in total. The number of piperazine rings is 1. The highest BCUT2D eigenvalue weighted by Crippen LogP contribution is 2.34. The number of H-pyrrole nitrogens is 1. The molecule has 0 bridgehead atoms. The van der Waals surface area contributed by atoms with Crippen molar-refractivity contribution < 1.29 is 0 Å². The molecule has 1 aliphatic carbocycles. The maximum atomic E-state index is 12.7. The quantitative estimate of drug-likeness (QED) is 0.682. The van der Waals surface area contributed by atoms with Crippen molar-refractivity contribution in [2.75, 3.05) is 26.2 Å². The first-order valence-electron chi connectivity index (χ1n) is 10.3. The number of aromatic amines is 1. The van der Waals surface area contributed by atoms with Crippen molar-refractivity contribution in [3.05, 3.63) is 61.5 Å². The van der Waals surface area contributed by atoms with Crippen LogP contribution in [0, 0.1) is 0 Å². The number of aryl methyl sites for hydroxylation is 2. The van der Waals surface area contributed by atoms with Gasteiger partial charge in [-0.15, -0.1) is 11.3 Å². The molecule has 0 spiro atoms. The van der Waals surface area contributed by atoms with Crippen LogP contribution < -0.4 is 5.56 Å². The lowest BCUT2D eigenvalue weighted by Crippen LogP contribution is -2.47. The number of halogens is 1. The SMILES string of the molecule is C[C@H](c1ccccc1Cl)N1CCN(Cc2nc3sc4c(c3c(=O)[nH]2)CCC4)CC1. The molecular formula is C22H25ClN4OS. The Hall–Kier alpha value is -1.73. The van der Waals surface area contributed by atoms with Gasteiger partial charge < -0.3 is 4.98 Å². The molecule has 0 saturated carbocycles. The van der Waals surface area contributed by atoms with Crippen LogP contribution >= 0.6 is 22.9 Å². The Labute approximate surface area is 179 Å². The van der Waals surface area contributed by atoms with E-state index in [9.17, 15) is 4.79 Å². The summed E-state index contributed by atoms with van der Waals surface area (Å²) < 4.78 is 0. The van der Waals surface area contributed by atoms with E-state index in [1.54, 1.807) is 11.3 Å². The molecule has 1 aromatic carbocycles. The van der Waals surface area contributed by atoms with E-state index in [1.165, 1.54) is 16.0 Å². The molecule has 1 N–H and O–H groups in total. The maximum absolute atomic E-state index is 12.7. The molecule has 0 amide bonds. The lowest BCUT2D eigenvalue weighted by Gasteiger charge is -2.38. The van der Waals surface area contributed by atoms with Crippen LogP contribution in [0.1, 0.15) is 41.2 Å². The standard InChI is InChI=1S/C22H25ClN4OS/c1-14(15-5-2-3-7-17(15)23)27-11-9-26(10-12-27)13-19-24-21(28)20-16-6-4-8-18(16)29-22(20)25-19/h2-3,5,7,14H,4,6,8-13H2,1H3,(H,24,25,28)/t14-/m1/s1. The summed E-state index contributed by atoms with van der Waals surface area (Å²) in [5.74, 6) is 0.787.